The van der Waals surface area contributed by atoms with Crippen molar-refractivity contribution in [1.29, 1.82) is 0 Å². The summed E-state index contributed by atoms with van der Waals surface area (Å²) in [4.78, 5) is 12.7. The lowest BCUT2D eigenvalue weighted by molar-refractivity contribution is 0.0926. The van der Waals surface area contributed by atoms with E-state index in [1.165, 1.54) is 11.4 Å². The molecule has 6 nitrogen and oxygen atoms in total. The van der Waals surface area contributed by atoms with E-state index in [0.29, 0.717) is 17.9 Å². The Labute approximate surface area is 183 Å². The predicted molar refractivity (Wildman–Crippen MR) is 122 cm³/mol. The lowest BCUT2D eigenvalue weighted by Gasteiger charge is -2.20. The second kappa shape index (κ2) is 9.66. The molecule has 1 unspecified atom stereocenters. The zero-order valence-electron chi connectivity index (χ0n) is 17.8. The Morgan fingerprint density at radius 2 is 1.58 bits per heavy atom. The Morgan fingerprint density at radius 1 is 0.968 bits per heavy atom. The molecule has 0 aliphatic rings. The minimum absolute atomic E-state index is 0.197. The molecule has 1 N–H and O–H groups in total. The Kier molecular flexibility index (Phi) is 6.97. The molecule has 162 valence electrons. The largest absolute Gasteiger partial charge is 0.491 e. The van der Waals surface area contributed by atoms with Crippen molar-refractivity contribution in [2.24, 2.45) is 0 Å². The van der Waals surface area contributed by atoms with Crippen LogP contribution in [0.25, 0.3) is 0 Å². The van der Waals surface area contributed by atoms with E-state index < -0.39 is 10.0 Å². The summed E-state index contributed by atoms with van der Waals surface area (Å²) in [6, 6.07) is 22.3. The Bertz CT molecular complexity index is 1110. The SMILES string of the molecule is Cc1ccc(S(=O)(=O)N(C)c2ccc(C(=O)NC(C)COc3ccccc3)cc2)cc1. The number of sulfonamides is 1. The molecule has 7 heteroatoms. The second-order valence-corrected chi connectivity index (χ2v) is 9.30. The zero-order chi connectivity index (χ0) is 22.4. The summed E-state index contributed by atoms with van der Waals surface area (Å²) in [5.41, 5.74) is 1.90. The molecule has 1 atom stereocenters. The summed E-state index contributed by atoms with van der Waals surface area (Å²) in [6.45, 7) is 4.10. The lowest BCUT2D eigenvalue weighted by Crippen LogP contribution is -2.36. The number of amides is 1. The van der Waals surface area contributed by atoms with Crippen LogP contribution in [0.2, 0.25) is 0 Å². The van der Waals surface area contributed by atoms with Gasteiger partial charge in [0.25, 0.3) is 15.9 Å². The predicted octanol–water partition coefficient (Wildman–Crippen LogP) is 4.02. The normalized spacial score (nSPS) is 12.1. The first-order valence-corrected chi connectivity index (χ1v) is 11.4. The van der Waals surface area contributed by atoms with Gasteiger partial charge in [-0.1, -0.05) is 35.9 Å². The summed E-state index contributed by atoms with van der Waals surface area (Å²) in [7, 11) is -2.19. The first-order valence-electron chi connectivity index (χ1n) is 9.92. The number of nitrogens with zero attached hydrogens (tertiary/aromatic N) is 1. The van der Waals surface area contributed by atoms with Crippen LogP contribution >= 0.6 is 0 Å². The van der Waals surface area contributed by atoms with Crippen LogP contribution < -0.4 is 14.4 Å². The Morgan fingerprint density at radius 3 is 2.19 bits per heavy atom. The number of carbonyl (C=O) groups excluding carboxylic acids is 1. The average molecular weight is 439 g/mol. The quantitative estimate of drug-likeness (QED) is 0.576. The van der Waals surface area contributed by atoms with E-state index >= 15 is 0 Å². The summed E-state index contributed by atoms with van der Waals surface area (Å²) in [6.07, 6.45) is 0. The van der Waals surface area contributed by atoms with Crippen LogP contribution in [0.5, 0.6) is 5.75 Å². The van der Waals surface area contributed by atoms with Gasteiger partial charge in [0.2, 0.25) is 0 Å². The van der Waals surface area contributed by atoms with Gasteiger partial charge in [-0.25, -0.2) is 8.42 Å². The fourth-order valence-electron chi connectivity index (χ4n) is 2.92. The van der Waals surface area contributed by atoms with Crippen molar-refractivity contribution in [1.82, 2.24) is 5.32 Å². The molecule has 0 heterocycles. The topological polar surface area (TPSA) is 75.7 Å². The Hall–Kier alpha value is -3.32. The molecule has 0 spiro atoms. The number of aryl methyl sites for hydroxylation is 1. The molecule has 0 aromatic heterocycles. The summed E-state index contributed by atoms with van der Waals surface area (Å²) in [5, 5.41) is 2.88. The molecular weight excluding hydrogens is 412 g/mol. The van der Waals surface area contributed by atoms with Crippen molar-refractivity contribution >= 4 is 21.6 Å². The van der Waals surface area contributed by atoms with E-state index in [0.717, 1.165) is 11.3 Å². The van der Waals surface area contributed by atoms with E-state index in [1.54, 1.807) is 48.5 Å². The van der Waals surface area contributed by atoms with Crippen molar-refractivity contribution in [2.75, 3.05) is 18.0 Å². The minimum Gasteiger partial charge on any atom is -0.491 e. The maximum Gasteiger partial charge on any atom is 0.264 e. The van der Waals surface area contributed by atoms with Crippen LogP contribution in [0.1, 0.15) is 22.8 Å². The second-order valence-electron chi connectivity index (χ2n) is 7.33. The smallest absolute Gasteiger partial charge is 0.264 e. The number of anilines is 1. The molecule has 3 aromatic carbocycles. The van der Waals surface area contributed by atoms with Crippen molar-refractivity contribution in [3.63, 3.8) is 0 Å². The average Bonchev–Trinajstić information content (AvgIpc) is 2.78. The van der Waals surface area contributed by atoms with Crippen LogP contribution in [-0.2, 0) is 10.0 Å². The van der Waals surface area contributed by atoms with Crippen molar-refractivity contribution in [2.45, 2.75) is 24.8 Å². The third-order valence-corrected chi connectivity index (χ3v) is 6.59. The fraction of sp³-hybridized carbons (Fsp3) is 0.208. The van der Waals surface area contributed by atoms with E-state index in [4.69, 9.17) is 4.74 Å². The molecule has 0 aliphatic heterocycles. The maximum absolute atomic E-state index is 12.8. The van der Waals surface area contributed by atoms with E-state index in [9.17, 15) is 13.2 Å². The maximum atomic E-state index is 12.8. The highest BCUT2D eigenvalue weighted by Gasteiger charge is 2.21. The van der Waals surface area contributed by atoms with E-state index in [1.807, 2.05) is 44.2 Å². The Balaban J connectivity index is 1.62. The molecule has 1 amide bonds. The van der Waals surface area contributed by atoms with Gasteiger partial charge in [-0.15, -0.1) is 0 Å². The van der Waals surface area contributed by atoms with E-state index in [2.05, 4.69) is 5.32 Å². The molecule has 0 radical (unpaired) electrons. The van der Waals surface area contributed by atoms with Crippen LogP contribution in [0.15, 0.2) is 83.8 Å². The van der Waals surface area contributed by atoms with Crippen LogP contribution in [0, 0.1) is 6.92 Å². The number of benzene rings is 3. The summed E-state index contributed by atoms with van der Waals surface area (Å²) in [5.74, 6) is 0.491. The fourth-order valence-corrected chi connectivity index (χ4v) is 4.11. The lowest BCUT2D eigenvalue weighted by atomic mass is 10.2. The van der Waals surface area contributed by atoms with Gasteiger partial charge in [0.05, 0.1) is 16.6 Å². The van der Waals surface area contributed by atoms with Gasteiger partial charge in [0.1, 0.15) is 12.4 Å². The van der Waals surface area contributed by atoms with Gasteiger partial charge in [-0.3, -0.25) is 9.10 Å². The molecule has 0 fully saturated rings. The number of hydrogen-bond donors (Lipinski definition) is 1. The molecular formula is C24H26N2O4S. The van der Waals surface area contributed by atoms with Crippen LogP contribution in [0.4, 0.5) is 5.69 Å². The van der Waals surface area contributed by atoms with Crippen molar-refractivity contribution < 1.29 is 17.9 Å². The number of carbonyl (C=O) groups is 1. The number of nitrogens with one attached hydrogen (secondary N) is 1. The summed E-state index contributed by atoms with van der Waals surface area (Å²) >= 11 is 0. The van der Waals surface area contributed by atoms with Gasteiger partial charge in [0.15, 0.2) is 0 Å². The summed E-state index contributed by atoms with van der Waals surface area (Å²) < 4.78 is 32.5. The first-order chi connectivity index (χ1) is 14.8. The van der Waals surface area contributed by atoms with Gasteiger partial charge in [0, 0.05) is 12.6 Å². The first kappa shape index (κ1) is 22.4. The third kappa shape index (κ3) is 5.64. The van der Waals surface area contributed by atoms with Gasteiger partial charge < -0.3 is 10.1 Å². The number of ether oxygens (including phenoxy) is 1. The number of rotatable bonds is 8. The van der Waals surface area contributed by atoms with Crippen molar-refractivity contribution in [3.8, 4) is 5.75 Å². The zero-order valence-corrected chi connectivity index (χ0v) is 18.6. The standard InChI is InChI=1S/C24H26N2O4S/c1-18-9-15-23(16-10-18)31(28,29)26(3)21-13-11-20(12-14-21)24(27)25-19(2)17-30-22-7-5-4-6-8-22/h4-16,19H,17H2,1-3H3,(H,25,27). The molecule has 0 saturated carbocycles. The number of para-hydroxylation sites is 1. The van der Waals surface area contributed by atoms with Crippen LogP contribution in [0.3, 0.4) is 0 Å². The minimum atomic E-state index is -3.68. The van der Waals surface area contributed by atoms with Gasteiger partial charge >= 0.3 is 0 Å². The molecule has 0 bridgehead atoms. The monoisotopic (exact) mass is 438 g/mol. The molecule has 3 rings (SSSR count). The molecule has 3 aromatic rings. The molecule has 0 saturated heterocycles. The molecule has 0 aliphatic carbocycles. The van der Waals surface area contributed by atoms with Crippen molar-refractivity contribution in [3.05, 3.63) is 90.0 Å². The van der Waals surface area contributed by atoms with Gasteiger partial charge in [-0.2, -0.15) is 0 Å². The van der Waals surface area contributed by atoms with Gasteiger partial charge in [-0.05, 0) is 62.4 Å². The van der Waals surface area contributed by atoms with Crippen LogP contribution in [-0.4, -0.2) is 34.0 Å². The highest BCUT2D eigenvalue weighted by atomic mass is 32.2. The highest BCUT2D eigenvalue weighted by molar-refractivity contribution is 7.92. The third-order valence-electron chi connectivity index (χ3n) is 4.79. The van der Waals surface area contributed by atoms with E-state index in [-0.39, 0.29) is 16.8 Å². The highest BCUT2D eigenvalue weighted by Crippen LogP contribution is 2.22. The number of hydrogen-bond acceptors (Lipinski definition) is 4. The molecule has 31 heavy (non-hydrogen) atoms.